The molecule has 10 nitrogen and oxygen atoms in total. The largest absolute Gasteiger partial charge is 0.493 e. The van der Waals surface area contributed by atoms with Crippen LogP contribution < -0.4 is 14.4 Å². The number of hydrogen-bond donors (Lipinski definition) is 0. The summed E-state index contributed by atoms with van der Waals surface area (Å²) < 4.78 is 41.0. The molecule has 0 unspecified atom stereocenters. The Hall–Kier alpha value is -3.70. The minimum Gasteiger partial charge on any atom is -0.493 e. The monoisotopic (exact) mass is 522 g/mol. The van der Waals surface area contributed by atoms with Crippen LogP contribution in [-0.4, -0.2) is 72.7 Å². The lowest BCUT2D eigenvalue weighted by molar-refractivity contribution is 0.355. The molecule has 0 bridgehead atoms. The van der Waals surface area contributed by atoms with Crippen molar-refractivity contribution in [3.05, 3.63) is 60.6 Å². The zero-order chi connectivity index (χ0) is 26.0. The number of nitrogens with zero attached hydrogens (tertiary/aromatic N) is 6. The smallest absolute Gasteiger partial charge is 0.254 e. The molecule has 0 atom stereocenters. The van der Waals surface area contributed by atoms with E-state index < -0.39 is 10.0 Å². The minimum absolute atomic E-state index is 0.326. The number of rotatable bonds is 7. The van der Waals surface area contributed by atoms with E-state index in [1.165, 1.54) is 6.33 Å². The SMILES string of the molecule is CCc1ccc(S(=O)(=O)N2CCCN(c3c(-c4ccc(OC)c(OC)c4)cnc4ncnn34)CC2)cc1. The molecule has 1 aliphatic rings. The van der Waals surface area contributed by atoms with E-state index in [0.717, 1.165) is 28.9 Å². The number of benzene rings is 2. The van der Waals surface area contributed by atoms with E-state index in [9.17, 15) is 8.42 Å². The number of anilines is 1. The highest BCUT2D eigenvalue weighted by molar-refractivity contribution is 7.89. The number of aryl methyl sites for hydroxylation is 1. The summed E-state index contributed by atoms with van der Waals surface area (Å²) in [4.78, 5) is 11.2. The summed E-state index contributed by atoms with van der Waals surface area (Å²) in [6, 6.07) is 12.9. The van der Waals surface area contributed by atoms with Gasteiger partial charge in [0.1, 0.15) is 12.1 Å². The molecule has 4 aromatic rings. The maximum Gasteiger partial charge on any atom is 0.254 e. The van der Waals surface area contributed by atoms with Gasteiger partial charge in [0, 0.05) is 37.9 Å². The molecule has 0 amide bonds. The van der Waals surface area contributed by atoms with Gasteiger partial charge in [-0.05, 0) is 48.2 Å². The molecule has 0 saturated carbocycles. The number of fused-ring (bicyclic) bond motifs is 1. The minimum atomic E-state index is -3.60. The first kappa shape index (κ1) is 25.0. The van der Waals surface area contributed by atoms with Crippen molar-refractivity contribution in [3.63, 3.8) is 0 Å². The van der Waals surface area contributed by atoms with Crippen molar-refractivity contribution in [3.8, 4) is 22.6 Å². The number of aromatic nitrogens is 4. The molecule has 0 N–H and O–H groups in total. The Morgan fingerprint density at radius 2 is 1.70 bits per heavy atom. The van der Waals surface area contributed by atoms with Crippen molar-refractivity contribution in [2.45, 2.75) is 24.7 Å². The summed E-state index contributed by atoms with van der Waals surface area (Å²) >= 11 is 0. The molecule has 2 aromatic carbocycles. The van der Waals surface area contributed by atoms with Gasteiger partial charge < -0.3 is 14.4 Å². The van der Waals surface area contributed by atoms with Crippen molar-refractivity contribution in [1.29, 1.82) is 0 Å². The highest BCUT2D eigenvalue weighted by Crippen LogP contribution is 2.37. The summed E-state index contributed by atoms with van der Waals surface area (Å²) in [6.45, 7) is 3.98. The van der Waals surface area contributed by atoms with Crippen LogP contribution in [0.25, 0.3) is 16.9 Å². The second-order valence-corrected chi connectivity index (χ2v) is 10.7. The van der Waals surface area contributed by atoms with Crippen LogP contribution in [0.4, 0.5) is 5.82 Å². The van der Waals surface area contributed by atoms with Gasteiger partial charge in [-0.3, -0.25) is 0 Å². The lowest BCUT2D eigenvalue weighted by atomic mass is 10.1. The maximum absolute atomic E-state index is 13.4. The average Bonchev–Trinajstić information content (AvgIpc) is 3.28. The molecular formula is C26H30N6O4S. The molecule has 194 valence electrons. The Labute approximate surface area is 216 Å². The first-order valence-corrected chi connectivity index (χ1v) is 13.7. The van der Waals surface area contributed by atoms with E-state index in [4.69, 9.17) is 9.47 Å². The summed E-state index contributed by atoms with van der Waals surface area (Å²) in [5.74, 6) is 2.52. The van der Waals surface area contributed by atoms with Crippen molar-refractivity contribution in [2.75, 3.05) is 45.3 Å². The molecule has 1 saturated heterocycles. The Bertz CT molecular complexity index is 1500. The van der Waals surface area contributed by atoms with Crippen LogP contribution in [0.15, 0.2) is 59.9 Å². The van der Waals surface area contributed by atoms with Crippen LogP contribution >= 0.6 is 0 Å². The first-order chi connectivity index (χ1) is 18.0. The van der Waals surface area contributed by atoms with Crippen LogP contribution in [-0.2, 0) is 16.4 Å². The fourth-order valence-electron chi connectivity index (χ4n) is 4.67. The fraction of sp³-hybridized carbons (Fsp3) is 0.346. The number of ether oxygens (including phenoxy) is 2. The van der Waals surface area contributed by atoms with Crippen LogP contribution in [0.3, 0.4) is 0 Å². The standard InChI is InChI=1S/C26H30N6O4S/c1-4-19-6-9-21(10-7-19)37(33,34)31-13-5-12-30(14-15-31)25-22(17-27-26-28-18-29-32(25)26)20-8-11-23(35-2)24(16-20)36-3/h6-11,16-18H,4-5,12-15H2,1-3H3. The Morgan fingerprint density at radius 1 is 0.919 bits per heavy atom. The van der Waals surface area contributed by atoms with E-state index in [0.29, 0.717) is 54.8 Å². The predicted molar refractivity (Wildman–Crippen MR) is 141 cm³/mol. The zero-order valence-electron chi connectivity index (χ0n) is 21.2. The van der Waals surface area contributed by atoms with Crippen LogP contribution in [0.2, 0.25) is 0 Å². The zero-order valence-corrected chi connectivity index (χ0v) is 22.0. The summed E-state index contributed by atoms with van der Waals surface area (Å²) in [7, 11) is -0.401. The van der Waals surface area contributed by atoms with Crippen LogP contribution in [0, 0.1) is 0 Å². The molecule has 11 heteroatoms. The van der Waals surface area contributed by atoms with Gasteiger partial charge in [0.2, 0.25) is 10.0 Å². The molecule has 37 heavy (non-hydrogen) atoms. The third-order valence-electron chi connectivity index (χ3n) is 6.70. The van der Waals surface area contributed by atoms with Crippen molar-refractivity contribution >= 4 is 21.6 Å². The highest BCUT2D eigenvalue weighted by Gasteiger charge is 2.29. The molecule has 0 aliphatic carbocycles. The summed E-state index contributed by atoms with van der Waals surface area (Å²) in [6.07, 6.45) is 4.77. The van der Waals surface area contributed by atoms with Crippen molar-refractivity contribution < 1.29 is 17.9 Å². The normalized spacial score (nSPS) is 15.1. The van der Waals surface area contributed by atoms with Gasteiger partial charge in [-0.1, -0.05) is 25.1 Å². The van der Waals surface area contributed by atoms with Gasteiger partial charge in [-0.2, -0.15) is 18.9 Å². The third kappa shape index (κ3) is 4.72. The molecule has 5 rings (SSSR count). The summed E-state index contributed by atoms with van der Waals surface area (Å²) in [5.41, 5.74) is 2.82. The molecule has 2 aromatic heterocycles. The number of hydrogen-bond acceptors (Lipinski definition) is 8. The second-order valence-electron chi connectivity index (χ2n) is 8.78. The van der Waals surface area contributed by atoms with Crippen LogP contribution in [0.5, 0.6) is 11.5 Å². The third-order valence-corrected chi connectivity index (χ3v) is 8.61. The quantitative estimate of drug-likeness (QED) is 0.365. The Kier molecular flexibility index (Phi) is 6.98. The number of sulfonamides is 1. The predicted octanol–water partition coefficient (Wildman–Crippen LogP) is 3.27. The molecule has 0 spiro atoms. The molecular weight excluding hydrogens is 492 g/mol. The lowest BCUT2D eigenvalue weighted by Gasteiger charge is -2.26. The molecule has 3 heterocycles. The van der Waals surface area contributed by atoms with E-state index in [1.54, 1.807) is 41.4 Å². The van der Waals surface area contributed by atoms with Gasteiger partial charge in [0.15, 0.2) is 11.5 Å². The second kappa shape index (κ2) is 10.3. The van der Waals surface area contributed by atoms with E-state index >= 15 is 0 Å². The first-order valence-electron chi connectivity index (χ1n) is 12.2. The van der Waals surface area contributed by atoms with Gasteiger partial charge >= 0.3 is 0 Å². The fourth-order valence-corrected chi connectivity index (χ4v) is 6.14. The van der Waals surface area contributed by atoms with Crippen molar-refractivity contribution in [1.82, 2.24) is 23.9 Å². The summed E-state index contributed by atoms with van der Waals surface area (Å²) in [5, 5.41) is 4.43. The van der Waals surface area contributed by atoms with E-state index in [-0.39, 0.29) is 0 Å². The van der Waals surface area contributed by atoms with Crippen molar-refractivity contribution in [2.24, 2.45) is 0 Å². The topological polar surface area (TPSA) is 102 Å². The molecule has 1 aliphatic heterocycles. The molecule has 1 fully saturated rings. The lowest BCUT2D eigenvalue weighted by Crippen LogP contribution is -2.35. The number of methoxy groups -OCH3 is 2. The Balaban J connectivity index is 1.49. The molecule has 0 radical (unpaired) electrons. The van der Waals surface area contributed by atoms with Gasteiger partial charge in [-0.25, -0.2) is 13.4 Å². The highest BCUT2D eigenvalue weighted by atomic mass is 32.2. The van der Waals surface area contributed by atoms with E-state index in [1.807, 2.05) is 37.3 Å². The Morgan fingerprint density at radius 3 is 2.43 bits per heavy atom. The van der Waals surface area contributed by atoms with Crippen LogP contribution in [0.1, 0.15) is 18.9 Å². The van der Waals surface area contributed by atoms with Gasteiger partial charge in [0.05, 0.1) is 19.1 Å². The average molecular weight is 523 g/mol. The van der Waals surface area contributed by atoms with Gasteiger partial charge in [0.25, 0.3) is 5.78 Å². The van der Waals surface area contributed by atoms with E-state index in [2.05, 4.69) is 20.0 Å². The van der Waals surface area contributed by atoms with Gasteiger partial charge in [-0.15, -0.1) is 0 Å². The maximum atomic E-state index is 13.4.